The van der Waals surface area contributed by atoms with Crippen LogP contribution < -0.4 is 11.1 Å². The zero-order chi connectivity index (χ0) is 15.2. The summed E-state index contributed by atoms with van der Waals surface area (Å²) in [5.74, 6) is 1.56. The SMILES string of the molecule is CCCC(N)CC(=O)Nc1ccc(-n2ccnc2C)nc1. The third-order valence-corrected chi connectivity index (χ3v) is 3.21. The van der Waals surface area contributed by atoms with Gasteiger partial charge in [0.1, 0.15) is 11.6 Å². The van der Waals surface area contributed by atoms with Crippen LogP contribution >= 0.6 is 0 Å². The molecule has 0 saturated heterocycles. The fourth-order valence-corrected chi connectivity index (χ4v) is 2.15. The van der Waals surface area contributed by atoms with Crippen molar-refractivity contribution in [2.75, 3.05) is 5.32 Å². The molecule has 3 N–H and O–H groups in total. The van der Waals surface area contributed by atoms with Crippen LogP contribution in [0.3, 0.4) is 0 Å². The number of carbonyl (C=O) groups excluding carboxylic acids is 1. The van der Waals surface area contributed by atoms with Gasteiger partial charge in [-0.3, -0.25) is 9.36 Å². The van der Waals surface area contributed by atoms with Gasteiger partial charge in [-0.15, -0.1) is 0 Å². The Bertz CT molecular complexity index is 590. The Kier molecular flexibility index (Phi) is 5.05. The number of anilines is 1. The van der Waals surface area contributed by atoms with Crippen molar-refractivity contribution in [3.05, 3.63) is 36.5 Å². The van der Waals surface area contributed by atoms with Crippen molar-refractivity contribution in [3.8, 4) is 5.82 Å². The molecule has 6 heteroatoms. The Balaban J connectivity index is 1.97. The molecule has 2 aromatic heterocycles. The molecule has 112 valence electrons. The number of aryl methyl sites for hydroxylation is 1. The zero-order valence-corrected chi connectivity index (χ0v) is 12.4. The van der Waals surface area contributed by atoms with Gasteiger partial charge < -0.3 is 11.1 Å². The first-order valence-electron chi connectivity index (χ1n) is 7.12. The number of nitrogens with zero attached hydrogens (tertiary/aromatic N) is 3. The lowest BCUT2D eigenvalue weighted by Gasteiger charge is -2.11. The van der Waals surface area contributed by atoms with Gasteiger partial charge in [-0.05, 0) is 25.5 Å². The summed E-state index contributed by atoms with van der Waals surface area (Å²) in [6.45, 7) is 3.96. The molecule has 6 nitrogen and oxygen atoms in total. The summed E-state index contributed by atoms with van der Waals surface area (Å²) in [5.41, 5.74) is 6.53. The Hall–Kier alpha value is -2.21. The largest absolute Gasteiger partial charge is 0.327 e. The Morgan fingerprint density at radius 3 is 2.81 bits per heavy atom. The highest BCUT2D eigenvalue weighted by Crippen LogP contribution is 2.12. The summed E-state index contributed by atoms with van der Waals surface area (Å²) in [6.07, 6.45) is 7.37. The monoisotopic (exact) mass is 287 g/mol. The van der Waals surface area contributed by atoms with Gasteiger partial charge in [-0.1, -0.05) is 13.3 Å². The number of carbonyl (C=O) groups is 1. The van der Waals surface area contributed by atoms with Crippen molar-refractivity contribution in [2.45, 2.75) is 39.2 Å². The second-order valence-corrected chi connectivity index (χ2v) is 5.05. The normalized spacial score (nSPS) is 12.1. The van der Waals surface area contributed by atoms with Crippen molar-refractivity contribution < 1.29 is 4.79 Å². The molecular formula is C15H21N5O. The van der Waals surface area contributed by atoms with Crippen molar-refractivity contribution in [2.24, 2.45) is 5.73 Å². The summed E-state index contributed by atoms with van der Waals surface area (Å²) in [7, 11) is 0. The number of aromatic nitrogens is 3. The van der Waals surface area contributed by atoms with E-state index in [4.69, 9.17) is 5.73 Å². The summed E-state index contributed by atoms with van der Waals surface area (Å²) in [6, 6.07) is 3.58. The van der Waals surface area contributed by atoms with E-state index in [1.807, 2.05) is 29.8 Å². The lowest BCUT2D eigenvalue weighted by atomic mass is 10.1. The van der Waals surface area contributed by atoms with E-state index in [9.17, 15) is 4.79 Å². The number of nitrogens with two attached hydrogens (primary N) is 1. The van der Waals surface area contributed by atoms with E-state index < -0.39 is 0 Å². The molecule has 1 unspecified atom stereocenters. The molecule has 0 aliphatic carbocycles. The van der Waals surface area contributed by atoms with E-state index in [1.165, 1.54) is 0 Å². The third-order valence-electron chi connectivity index (χ3n) is 3.21. The average Bonchev–Trinajstić information content (AvgIpc) is 2.86. The quantitative estimate of drug-likeness (QED) is 0.851. The van der Waals surface area contributed by atoms with Gasteiger partial charge in [0.05, 0.1) is 11.9 Å². The van der Waals surface area contributed by atoms with Gasteiger partial charge in [0.2, 0.25) is 5.91 Å². The second kappa shape index (κ2) is 6.99. The van der Waals surface area contributed by atoms with Gasteiger partial charge in [0, 0.05) is 24.9 Å². The van der Waals surface area contributed by atoms with E-state index in [1.54, 1.807) is 12.4 Å². The van der Waals surface area contributed by atoms with Gasteiger partial charge in [0.15, 0.2) is 0 Å². The molecule has 2 rings (SSSR count). The first-order valence-corrected chi connectivity index (χ1v) is 7.12. The predicted octanol–water partition coefficient (Wildman–Crippen LogP) is 2.03. The Labute approximate surface area is 124 Å². The number of hydrogen-bond acceptors (Lipinski definition) is 4. The van der Waals surface area contributed by atoms with E-state index in [0.717, 1.165) is 24.5 Å². The van der Waals surface area contributed by atoms with Gasteiger partial charge in [0.25, 0.3) is 0 Å². The fourth-order valence-electron chi connectivity index (χ4n) is 2.15. The van der Waals surface area contributed by atoms with Crippen LogP contribution in [0.1, 0.15) is 32.0 Å². The highest BCUT2D eigenvalue weighted by atomic mass is 16.1. The van der Waals surface area contributed by atoms with Crippen LogP contribution in [0.2, 0.25) is 0 Å². The smallest absolute Gasteiger partial charge is 0.225 e. The number of imidazole rings is 1. The number of rotatable bonds is 6. The van der Waals surface area contributed by atoms with Crippen LogP contribution in [0.4, 0.5) is 5.69 Å². The standard InChI is InChI=1S/C15H21N5O/c1-3-4-12(16)9-15(21)19-13-5-6-14(18-10-13)20-8-7-17-11(20)2/h5-8,10,12H,3-4,9,16H2,1-2H3,(H,19,21). The number of pyridine rings is 1. The third kappa shape index (κ3) is 4.13. The molecule has 0 fully saturated rings. The fraction of sp³-hybridized carbons (Fsp3) is 0.400. The molecule has 2 aromatic rings. The molecule has 1 amide bonds. The van der Waals surface area contributed by atoms with Crippen LogP contribution in [0.5, 0.6) is 0 Å². The maximum Gasteiger partial charge on any atom is 0.225 e. The van der Waals surface area contributed by atoms with Crippen LogP contribution in [-0.4, -0.2) is 26.5 Å². The minimum absolute atomic E-state index is 0.0793. The first kappa shape index (κ1) is 15.2. The summed E-state index contributed by atoms with van der Waals surface area (Å²) in [4.78, 5) is 20.3. The van der Waals surface area contributed by atoms with Crippen LogP contribution in [0, 0.1) is 6.92 Å². The molecule has 2 heterocycles. The van der Waals surface area contributed by atoms with Crippen molar-refractivity contribution in [1.29, 1.82) is 0 Å². The van der Waals surface area contributed by atoms with Gasteiger partial charge in [-0.25, -0.2) is 9.97 Å². The molecular weight excluding hydrogens is 266 g/mol. The average molecular weight is 287 g/mol. The minimum Gasteiger partial charge on any atom is -0.327 e. The predicted molar refractivity (Wildman–Crippen MR) is 82.2 cm³/mol. The Morgan fingerprint density at radius 1 is 1.43 bits per heavy atom. The highest BCUT2D eigenvalue weighted by molar-refractivity contribution is 5.90. The van der Waals surface area contributed by atoms with Crippen molar-refractivity contribution >= 4 is 11.6 Å². The van der Waals surface area contributed by atoms with E-state index in [2.05, 4.69) is 22.2 Å². The maximum absolute atomic E-state index is 11.8. The van der Waals surface area contributed by atoms with Crippen LogP contribution in [0.15, 0.2) is 30.7 Å². The molecule has 21 heavy (non-hydrogen) atoms. The first-order chi connectivity index (χ1) is 10.1. The molecule has 0 radical (unpaired) electrons. The summed E-state index contributed by atoms with van der Waals surface area (Å²) >= 11 is 0. The van der Waals surface area contributed by atoms with Crippen LogP contribution in [0.25, 0.3) is 5.82 Å². The van der Waals surface area contributed by atoms with E-state index >= 15 is 0 Å². The second-order valence-electron chi connectivity index (χ2n) is 5.05. The molecule has 0 spiro atoms. The lowest BCUT2D eigenvalue weighted by Crippen LogP contribution is -2.26. The number of amides is 1. The zero-order valence-electron chi connectivity index (χ0n) is 12.4. The van der Waals surface area contributed by atoms with Gasteiger partial charge in [-0.2, -0.15) is 0 Å². The highest BCUT2D eigenvalue weighted by Gasteiger charge is 2.09. The van der Waals surface area contributed by atoms with Gasteiger partial charge >= 0.3 is 0 Å². The molecule has 0 aromatic carbocycles. The number of nitrogens with one attached hydrogen (secondary N) is 1. The summed E-state index contributed by atoms with van der Waals surface area (Å²) in [5, 5.41) is 2.81. The summed E-state index contributed by atoms with van der Waals surface area (Å²) < 4.78 is 1.88. The minimum atomic E-state index is -0.0872. The van der Waals surface area contributed by atoms with E-state index in [0.29, 0.717) is 12.1 Å². The lowest BCUT2D eigenvalue weighted by molar-refractivity contribution is -0.116. The number of hydrogen-bond donors (Lipinski definition) is 2. The molecule has 0 aliphatic heterocycles. The molecule has 0 aliphatic rings. The van der Waals surface area contributed by atoms with E-state index in [-0.39, 0.29) is 11.9 Å². The van der Waals surface area contributed by atoms with Crippen molar-refractivity contribution in [1.82, 2.24) is 14.5 Å². The Morgan fingerprint density at radius 2 is 2.24 bits per heavy atom. The van der Waals surface area contributed by atoms with Crippen LogP contribution in [-0.2, 0) is 4.79 Å². The molecule has 1 atom stereocenters. The topological polar surface area (TPSA) is 85.8 Å². The van der Waals surface area contributed by atoms with Crippen molar-refractivity contribution in [3.63, 3.8) is 0 Å². The maximum atomic E-state index is 11.8. The molecule has 0 bridgehead atoms. The molecule has 0 saturated carbocycles.